The third-order valence-corrected chi connectivity index (χ3v) is 4.45. The molecular formula is C20H24N4. The van der Waals surface area contributed by atoms with Gasteiger partial charge >= 0.3 is 0 Å². The molecule has 1 atom stereocenters. The van der Waals surface area contributed by atoms with E-state index in [0.29, 0.717) is 6.04 Å². The molecule has 0 saturated carbocycles. The Morgan fingerprint density at radius 3 is 2.67 bits per heavy atom. The number of aryl methyl sites for hydroxylation is 2. The van der Waals surface area contributed by atoms with E-state index < -0.39 is 0 Å². The van der Waals surface area contributed by atoms with Crippen molar-refractivity contribution in [1.29, 1.82) is 0 Å². The average molecular weight is 320 g/mol. The first kappa shape index (κ1) is 16.4. The van der Waals surface area contributed by atoms with Crippen molar-refractivity contribution in [3.63, 3.8) is 0 Å². The summed E-state index contributed by atoms with van der Waals surface area (Å²) in [6.45, 7) is 3.09. The minimum Gasteiger partial charge on any atom is -0.331 e. The van der Waals surface area contributed by atoms with E-state index in [-0.39, 0.29) is 0 Å². The highest BCUT2D eigenvalue weighted by molar-refractivity contribution is 5.57. The van der Waals surface area contributed by atoms with Gasteiger partial charge in [-0.2, -0.15) is 0 Å². The van der Waals surface area contributed by atoms with Crippen LogP contribution in [0.15, 0.2) is 61.1 Å². The molecule has 124 valence electrons. The minimum absolute atomic E-state index is 0.377. The summed E-state index contributed by atoms with van der Waals surface area (Å²) in [6.07, 6.45) is 6.66. The minimum atomic E-state index is 0.377. The molecule has 0 fully saturated rings. The molecule has 4 heteroatoms. The summed E-state index contributed by atoms with van der Waals surface area (Å²) < 4.78 is 2.20. The molecule has 0 aliphatic carbocycles. The number of hydrogen-bond acceptors (Lipinski definition) is 3. The molecule has 0 unspecified atom stereocenters. The Morgan fingerprint density at radius 2 is 1.92 bits per heavy atom. The van der Waals surface area contributed by atoms with Crippen molar-refractivity contribution >= 4 is 0 Å². The van der Waals surface area contributed by atoms with E-state index in [1.165, 1.54) is 5.56 Å². The maximum Gasteiger partial charge on any atom is 0.139 e. The van der Waals surface area contributed by atoms with Crippen LogP contribution in [0.5, 0.6) is 0 Å². The van der Waals surface area contributed by atoms with Crippen molar-refractivity contribution in [3.05, 3.63) is 72.3 Å². The van der Waals surface area contributed by atoms with Gasteiger partial charge in [-0.3, -0.25) is 4.98 Å². The normalized spacial score (nSPS) is 12.5. The van der Waals surface area contributed by atoms with Crippen molar-refractivity contribution < 1.29 is 0 Å². The third-order valence-electron chi connectivity index (χ3n) is 4.45. The number of aromatic nitrogens is 3. The Kier molecular flexibility index (Phi) is 5.06. The molecule has 0 aliphatic rings. The van der Waals surface area contributed by atoms with Gasteiger partial charge in [0.1, 0.15) is 5.82 Å². The SMILES string of the molecule is C[C@H](c1cccc(-c2nccn2CCc2ccccn2)c1)N(C)C. The summed E-state index contributed by atoms with van der Waals surface area (Å²) in [6, 6.07) is 15.1. The van der Waals surface area contributed by atoms with Gasteiger partial charge in [0, 0.05) is 48.9 Å². The first-order chi connectivity index (χ1) is 11.6. The van der Waals surface area contributed by atoms with Crippen molar-refractivity contribution in [2.75, 3.05) is 14.1 Å². The van der Waals surface area contributed by atoms with E-state index >= 15 is 0 Å². The number of nitrogens with zero attached hydrogens (tertiary/aromatic N) is 4. The maximum absolute atomic E-state index is 4.57. The lowest BCUT2D eigenvalue weighted by Crippen LogP contribution is -2.16. The number of rotatable bonds is 6. The summed E-state index contributed by atoms with van der Waals surface area (Å²) in [4.78, 5) is 11.2. The third kappa shape index (κ3) is 3.71. The molecule has 0 radical (unpaired) electrons. The van der Waals surface area contributed by atoms with E-state index in [1.54, 1.807) is 0 Å². The molecule has 0 bridgehead atoms. The molecule has 0 N–H and O–H groups in total. The standard InChI is InChI=1S/C20H24N4/c1-16(23(2)3)17-7-6-8-18(15-17)20-22-12-14-24(20)13-10-19-9-4-5-11-21-19/h4-9,11-12,14-16H,10,13H2,1-3H3/t16-/m1/s1. The lowest BCUT2D eigenvalue weighted by atomic mass is 10.0. The monoisotopic (exact) mass is 320 g/mol. The molecule has 0 aliphatic heterocycles. The zero-order valence-electron chi connectivity index (χ0n) is 14.6. The maximum atomic E-state index is 4.57. The van der Waals surface area contributed by atoms with Gasteiger partial charge in [0.25, 0.3) is 0 Å². The Balaban J connectivity index is 1.81. The highest BCUT2D eigenvalue weighted by Gasteiger charge is 2.11. The quantitative estimate of drug-likeness (QED) is 0.692. The Labute approximate surface area is 143 Å². The number of pyridine rings is 1. The van der Waals surface area contributed by atoms with Gasteiger partial charge in [0.05, 0.1) is 0 Å². The molecule has 3 rings (SSSR count). The summed E-state index contributed by atoms with van der Waals surface area (Å²) in [5.41, 5.74) is 3.57. The van der Waals surface area contributed by atoms with Crippen LogP contribution in [0.3, 0.4) is 0 Å². The van der Waals surface area contributed by atoms with Gasteiger partial charge in [-0.25, -0.2) is 4.98 Å². The topological polar surface area (TPSA) is 34.0 Å². The van der Waals surface area contributed by atoms with Crippen LogP contribution in [0.4, 0.5) is 0 Å². The summed E-state index contributed by atoms with van der Waals surface area (Å²) in [5.74, 6) is 1.01. The Hall–Kier alpha value is -2.46. The summed E-state index contributed by atoms with van der Waals surface area (Å²) >= 11 is 0. The highest BCUT2D eigenvalue weighted by Crippen LogP contribution is 2.24. The van der Waals surface area contributed by atoms with Crippen LogP contribution >= 0.6 is 0 Å². The largest absolute Gasteiger partial charge is 0.331 e. The second-order valence-electron chi connectivity index (χ2n) is 6.28. The van der Waals surface area contributed by atoms with Crippen molar-refractivity contribution in [2.24, 2.45) is 0 Å². The van der Waals surface area contributed by atoms with E-state index in [2.05, 4.69) is 70.8 Å². The van der Waals surface area contributed by atoms with Crippen molar-refractivity contribution in [1.82, 2.24) is 19.4 Å². The molecule has 3 aromatic rings. The summed E-state index contributed by atoms with van der Waals surface area (Å²) in [7, 11) is 4.20. The molecule has 0 amide bonds. The Bertz CT molecular complexity index is 777. The fraction of sp³-hybridized carbons (Fsp3) is 0.300. The van der Waals surface area contributed by atoms with E-state index in [9.17, 15) is 0 Å². The van der Waals surface area contributed by atoms with E-state index in [1.807, 2.05) is 30.7 Å². The second-order valence-corrected chi connectivity index (χ2v) is 6.28. The second kappa shape index (κ2) is 7.41. The van der Waals surface area contributed by atoms with Gasteiger partial charge in [0.2, 0.25) is 0 Å². The number of imidazole rings is 1. The predicted molar refractivity (Wildman–Crippen MR) is 97.7 cm³/mol. The van der Waals surface area contributed by atoms with Gasteiger partial charge < -0.3 is 9.47 Å². The highest BCUT2D eigenvalue weighted by atomic mass is 15.1. The first-order valence-corrected chi connectivity index (χ1v) is 8.33. The van der Waals surface area contributed by atoms with Crippen molar-refractivity contribution in [3.8, 4) is 11.4 Å². The summed E-state index contributed by atoms with van der Waals surface area (Å²) in [5, 5.41) is 0. The van der Waals surface area contributed by atoms with Crippen LogP contribution < -0.4 is 0 Å². The lowest BCUT2D eigenvalue weighted by molar-refractivity contribution is 0.321. The Morgan fingerprint density at radius 1 is 1.04 bits per heavy atom. The predicted octanol–water partition coefficient (Wildman–Crippen LogP) is 3.81. The molecular weight excluding hydrogens is 296 g/mol. The first-order valence-electron chi connectivity index (χ1n) is 8.33. The van der Waals surface area contributed by atoms with Crippen LogP contribution in [-0.4, -0.2) is 33.5 Å². The zero-order chi connectivity index (χ0) is 16.9. The molecule has 4 nitrogen and oxygen atoms in total. The fourth-order valence-corrected chi connectivity index (χ4v) is 2.77. The smallest absolute Gasteiger partial charge is 0.139 e. The molecule has 2 heterocycles. The molecule has 1 aromatic carbocycles. The lowest BCUT2D eigenvalue weighted by Gasteiger charge is -2.20. The van der Waals surface area contributed by atoms with Gasteiger partial charge in [-0.05, 0) is 44.8 Å². The van der Waals surface area contributed by atoms with Crippen molar-refractivity contribution in [2.45, 2.75) is 25.9 Å². The molecule has 2 aromatic heterocycles. The molecule has 24 heavy (non-hydrogen) atoms. The zero-order valence-corrected chi connectivity index (χ0v) is 14.6. The van der Waals surface area contributed by atoms with E-state index in [4.69, 9.17) is 0 Å². The van der Waals surface area contributed by atoms with Gasteiger partial charge in [0.15, 0.2) is 0 Å². The van der Waals surface area contributed by atoms with Gasteiger partial charge in [-0.15, -0.1) is 0 Å². The van der Waals surface area contributed by atoms with Crippen LogP contribution in [0.1, 0.15) is 24.2 Å². The molecule has 0 spiro atoms. The van der Waals surface area contributed by atoms with Crippen LogP contribution in [-0.2, 0) is 13.0 Å². The van der Waals surface area contributed by atoms with Crippen LogP contribution in [0, 0.1) is 0 Å². The van der Waals surface area contributed by atoms with Crippen LogP contribution in [0.2, 0.25) is 0 Å². The molecule has 0 saturated heterocycles. The number of hydrogen-bond donors (Lipinski definition) is 0. The average Bonchev–Trinajstić information content (AvgIpc) is 3.09. The van der Waals surface area contributed by atoms with Crippen LogP contribution in [0.25, 0.3) is 11.4 Å². The van der Waals surface area contributed by atoms with Gasteiger partial charge in [-0.1, -0.05) is 24.3 Å². The number of benzene rings is 1. The van der Waals surface area contributed by atoms with E-state index in [0.717, 1.165) is 30.0 Å². The fourth-order valence-electron chi connectivity index (χ4n) is 2.77.